The second-order valence-corrected chi connectivity index (χ2v) is 7.97. The van der Waals surface area contributed by atoms with Crippen molar-refractivity contribution in [1.29, 1.82) is 0 Å². The van der Waals surface area contributed by atoms with Gasteiger partial charge in [-0.1, -0.05) is 18.3 Å². The number of hydrogen-bond donors (Lipinski definition) is 1. The summed E-state index contributed by atoms with van der Waals surface area (Å²) in [6, 6.07) is 0.590. The predicted molar refractivity (Wildman–Crippen MR) is 94.0 cm³/mol. The highest BCUT2D eigenvalue weighted by atomic mass is 32.1. The molecule has 1 aromatic rings. The van der Waals surface area contributed by atoms with Crippen molar-refractivity contribution in [3.8, 4) is 0 Å². The van der Waals surface area contributed by atoms with Crippen LogP contribution in [0.1, 0.15) is 56.0 Å². The van der Waals surface area contributed by atoms with Crippen molar-refractivity contribution in [2.75, 3.05) is 26.3 Å². The van der Waals surface area contributed by atoms with E-state index >= 15 is 0 Å². The van der Waals surface area contributed by atoms with Crippen molar-refractivity contribution in [2.45, 2.75) is 58.0 Å². The van der Waals surface area contributed by atoms with Gasteiger partial charge in [-0.15, -0.1) is 5.10 Å². The van der Waals surface area contributed by atoms with Gasteiger partial charge in [0.1, 0.15) is 0 Å². The second kappa shape index (κ2) is 8.36. The molecule has 0 spiro atoms. The third-order valence-electron chi connectivity index (χ3n) is 5.09. The van der Waals surface area contributed by atoms with Crippen LogP contribution in [0.4, 0.5) is 0 Å². The molecule has 3 rings (SSSR count). The molecule has 0 radical (unpaired) electrons. The van der Waals surface area contributed by atoms with Crippen LogP contribution in [-0.4, -0.2) is 52.7 Å². The average molecular weight is 353 g/mol. The quantitative estimate of drug-likeness (QED) is 0.880. The summed E-state index contributed by atoms with van der Waals surface area (Å²) in [5.74, 6) is 0.620. The molecular weight excluding hydrogens is 324 g/mol. The van der Waals surface area contributed by atoms with Crippen LogP contribution in [0.15, 0.2) is 0 Å². The normalized spacial score (nSPS) is 23.5. The minimum atomic E-state index is 0.102. The topological polar surface area (TPSA) is 67.4 Å². The lowest BCUT2D eigenvalue weighted by molar-refractivity contribution is -0.127. The lowest BCUT2D eigenvalue weighted by Gasteiger charge is -2.39. The van der Waals surface area contributed by atoms with Gasteiger partial charge in [-0.2, -0.15) is 0 Å². The number of carbonyl (C=O) groups is 1. The van der Waals surface area contributed by atoms with Crippen molar-refractivity contribution in [2.24, 2.45) is 5.92 Å². The Kier molecular flexibility index (Phi) is 6.19. The average Bonchev–Trinajstić information content (AvgIpc) is 3.09. The molecule has 2 aliphatic rings. The fourth-order valence-corrected chi connectivity index (χ4v) is 4.42. The van der Waals surface area contributed by atoms with Crippen LogP contribution in [0.2, 0.25) is 0 Å². The van der Waals surface area contributed by atoms with Crippen molar-refractivity contribution < 1.29 is 9.53 Å². The molecular formula is C17H28N4O2S. The zero-order chi connectivity index (χ0) is 16.9. The van der Waals surface area contributed by atoms with Gasteiger partial charge >= 0.3 is 0 Å². The van der Waals surface area contributed by atoms with Crippen LogP contribution >= 0.6 is 11.5 Å². The van der Waals surface area contributed by atoms with Gasteiger partial charge in [0.25, 0.3) is 0 Å². The van der Waals surface area contributed by atoms with Crippen molar-refractivity contribution in [3.63, 3.8) is 0 Å². The molecule has 2 saturated heterocycles. The number of carbonyl (C=O) groups excluding carboxylic acids is 1. The lowest BCUT2D eigenvalue weighted by Crippen LogP contribution is -2.48. The third-order valence-corrected chi connectivity index (χ3v) is 5.82. The van der Waals surface area contributed by atoms with Gasteiger partial charge in [0.05, 0.1) is 23.0 Å². The first kappa shape index (κ1) is 17.8. The highest BCUT2D eigenvalue weighted by molar-refractivity contribution is 7.05. The molecule has 1 N–H and O–H groups in total. The van der Waals surface area contributed by atoms with E-state index in [-0.39, 0.29) is 11.8 Å². The SMILES string of the molecule is CC(C)c1nnsc1CNC(=O)[C@@H]1CCCN(C2CCOCC2)C1. The van der Waals surface area contributed by atoms with E-state index in [9.17, 15) is 4.79 Å². The maximum absolute atomic E-state index is 12.6. The van der Waals surface area contributed by atoms with Crippen LogP contribution in [0.5, 0.6) is 0 Å². The fraction of sp³-hybridized carbons (Fsp3) is 0.824. The van der Waals surface area contributed by atoms with Gasteiger partial charge in [0, 0.05) is 25.8 Å². The van der Waals surface area contributed by atoms with Gasteiger partial charge < -0.3 is 10.1 Å². The molecule has 0 unspecified atom stereocenters. The molecule has 1 amide bonds. The molecule has 0 aromatic carbocycles. The molecule has 1 atom stereocenters. The summed E-state index contributed by atoms with van der Waals surface area (Å²) in [7, 11) is 0. The predicted octanol–water partition coefficient (Wildman–Crippen LogP) is 2.17. The molecule has 3 heterocycles. The van der Waals surface area contributed by atoms with E-state index in [4.69, 9.17) is 4.74 Å². The van der Waals surface area contributed by atoms with E-state index in [1.807, 2.05) is 0 Å². The molecule has 0 bridgehead atoms. The molecule has 2 aliphatic heterocycles. The van der Waals surface area contributed by atoms with Crippen molar-refractivity contribution >= 4 is 17.4 Å². The molecule has 1 aromatic heterocycles. The van der Waals surface area contributed by atoms with Gasteiger partial charge in [-0.3, -0.25) is 9.69 Å². The third kappa shape index (κ3) is 4.32. The van der Waals surface area contributed by atoms with Crippen molar-refractivity contribution in [3.05, 3.63) is 10.6 Å². The number of hydrogen-bond acceptors (Lipinski definition) is 6. The number of amides is 1. The standard InChI is InChI=1S/C17H28N4O2S/c1-12(2)16-15(24-20-19-16)10-18-17(22)13-4-3-7-21(11-13)14-5-8-23-9-6-14/h12-14H,3-11H2,1-2H3,(H,18,22)/t13-/m1/s1. The maximum Gasteiger partial charge on any atom is 0.224 e. The molecule has 7 heteroatoms. The van der Waals surface area contributed by atoms with Crippen molar-refractivity contribution in [1.82, 2.24) is 19.8 Å². The zero-order valence-electron chi connectivity index (χ0n) is 14.7. The summed E-state index contributed by atoms with van der Waals surface area (Å²) in [5.41, 5.74) is 1.01. The monoisotopic (exact) mass is 352 g/mol. The maximum atomic E-state index is 12.6. The van der Waals surface area contributed by atoms with Gasteiger partial charge in [0.15, 0.2) is 0 Å². The summed E-state index contributed by atoms with van der Waals surface area (Å²) < 4.78 is 9.49. The largest absolute Gasteiger partial charge is 0.381 e. The van der Waals surface area contributed by atoms with E-state index < -0.39 is 0 Å². The van der Waals surface area contributed by atoms with Crippen LogP contribution in [-0.2, 0) is 16.1 Å². The highest BCUT2D eigenvalue weighted by Crippen LogP contribution is 2.24. The number of ether oxygens (including phenoxy) is 1. The van der Waals surface area contributed by atoms with Gasteiger partial charge in [-0.05, 0) is 49.7 Å². The minimum absolute atomic E-state index is 0.102. The molecule has 0 aliphatic carbocycles. The molecule has 24 heavy (non-hydrogen) atoms. The Hall–Kier alpha value is -1.05. The first-order chi connectivity index (χ1) is 11.6. The minimum Gasteiger partial charge on any atom is -0.381 e. The summed E-state index contributed by atoms with van der Waals surface area (Å²) in [5, 5.41) is 7.29. The Morgan fingerprint density at radius 3 is 2.92 bits per heavy atom. The highest BCUT2D eigenvalue weighted by Gasteiger charge is 2.30. The number of piperidine rings is 1. The summed E-state index contributed by atoms with van der Waals surface area (Å²) >= 11 is 1.39. The first-order valence-corrected chi connectivity index (χ1v) is 9.83. The summed E-state index contributed by atoms with van der Waals surface area (Å²) in [6.07, 6.45) is 4.29. The Morgan fingerprint density at radius 1 is 1.38 bits per heavy atom. The summed E-state index contributed by atoms with van der Waals surface area (Å²) in [6.45, 7) is 8.48. The Bertz CT molecular complexity index is 542. The van der Waals surface area contributed by atoms with Crippen LogP contribution < -0.4 is 5.32 Å². The van der Waals surface area contributed by atoms with Gasteiger partial charge in [-0.25, -0.2) is 0 Å². The molecule has 2 fully saturated rings. The summed E-state index contributed by atoms with van der Waals surface area (Å²) in [4.78, 5) is 16.2. The Balaban J connectivity index is 1.51. The van der Waals surface area contributed by atoms with E-state index in [2.05, 4.69) is 33.7 Å². The van der Waals surface area contributed by atoms with E-state index in [1.54, 1.807) is 0 Å². The Morgan fingerprint density at radius 2 is 2.17 bits per heavy atom. The fourth-order valence-electron chi connectivity index (χ4n) is 3.69. The van der Waals surface area contributed by atoms with Crippen LogP contribution in [0.3, 0.4) is 0 Å². The smallest absolute Gasteiger partial charge is 0.224 e. The number of nitrogens with zero attached hydrogens (tertiary/aromatic N) is 3. The number of aromatic nitrogens is 2. The number of nitrogens with one attached hydrogen (secondary N) is 1. The lowest BCUT2D eigenvalue weighted by atomic mass is 9.94. The molecule has 134 valence electrons. The Labute approximate surface area is 148 Å². The van der Waals surface area contributed by atoms with E-state index in [1.165, 1.54) is 11.5 Å². The molecule has 0 saturated carbocycles. The van der Waals surface area contributed by atoms with E-state index in [0.717, 1.165) is 62.6 Å². The number of rotatable bonds is 5. The van der Waals surface area contributed by atoms with E-state index in [0.29, 0.717) is 18.5 Å². The van der Waals surface area contributed by atoms with Crippen LogP contribution in [0, 0.1) is 5.92 Å². The molecule has 6 nitrogen and oxygen atoms in total. The first-order valence-electron chi connectivity index (χ1n) is 9.05. The zero-order valence-corrected chi connectivity index (χ0v) is 15.5. The van der Waals surface area contributed by atoms with Crippen LogP contribution in [0.25, 0.3) is 0 Å². The van der Waals surface area contributed by atoms with Gasteiger partial charge in [0.2, 0.25) is 5.91 Å². The second-order valence-electron chi connectivity index (χ2n) is 7.13. The number of likely N-dealkylation sites (tertiary alicyclic amines) is 1.